The third kappa shape index (κ3) is 5.63. The molecular formula is C27H25ClN2O5. The highest BCUT2D eigenvalue weighted by Gasteiger charge is 2.31. The van der Waals surface area contributed by atoms with Crippen LogP contribution in [-0.4, -0.2) is 47.7 Å². The summed E-state index contributed by atoms with van der Waals surface area (Å²) < 4.78 is 5.48. The van der Waals surface area contributed by atoms with E-state index in [9.17, 15) is 19.5 Å². The summed E-state index contributed by atoms with van der Waals surface area (Å²) in [5, 5.41) is 12.3. The van der Waals surface area contributed by atoms with Gasteiger partial charge in [0.2, 0.25) is 5.91 Å². The molecule has 0 heterocycles. The zero-order chi connectivity index (χ0) is 24.9. The molecule has 1 unspecified atom stereocenters. The number of hydrogen-bond acceptors (Lipinski definition) is 4. The number of carbonyl (C=O) groups excluding carboxylic acids is 2. The number of rotatable bonds is 8. The predicted molar refractivity (Wildman–Crippen MR) is 132 cm³/mol. The normalized spacial score (nSPS) is 12.9. The summed E-state index contributed by atoms with van der Waals surface area (Å²) in [6.45, 7) is 0.272. The molecule has 4 rings (SSSR count). The molecule has 8 heteroatoms. The molecule has 1 aliphatic carbocycles. The van der Waals surface area contributed by atoms with Crippen LogP contribution in [0.3, 0.4) is 0 Å². The van der Waals surface area contributed by atoms with Gasteiger partial charge in [-0.05, 0) is 39.9 Å². The van der Waals surface area contributed by atoms with E-state index in [-0.39, 0.29) is 19.1 Å². The first kappa shape index (κ1) is 24.3. The lowest BCUT2D eigenvalue weighted by molar-refractivity contribution is -0.142. The Morgan fingerprint density at radius 2 is 1.63 bits per heavy atom. The molecule has 1 atom stereocenters. The average Bonchev–Trinajstić information content (AvgIpc) is 3.15. The van der Waals surface area contributed by atoms with Crippen LogP contribution in [0, 0.1) is 0 Å². The fourth-order valence-electron chi connectivity index (χ4n) is 4.41. The molecule has 35 heavy (non-hydrogen) atoms. The first-order chi connectivity index (χ1) is 16.8. The van der Waals surface area contributed by atoms with E-state index in [4.69, 9.17) is 16.3 Å². The zero-order valence-corrected chi connectivity index (χ0v) is 19.9. The molecule has 2 amide bonds. The monoisotopic (exact) mass is 492 g/mol. The van der Waals surface area contributed by atoms with Gasteiger partial charge < -0.3 is 20.1 Å². The van der Waals surface area contributed by atoms with E-state index in [1.807, 2.05) is 48.5 Å². The second-order valence-corrected chi connectivity index (χ2v) is 8.88. The van der Waals surface area contributed by atoms with E-state index in [2.05, 4.69) is 5.32 Å². The van der Waals surface area contributed by atoms with Crippen LogP contribution in [0.2, 0.25) is 5.02 Å². The van der Waals surface area contributed by atoms with E-state index in [1.54, 1.807) is 24.3 Å². The third-order valence-electron chi connectivity index (χ3n) is 6.00. The van der Waals surface area contributed by atoms with Crippen molar-refractivity contribution in [3.8, 4) is 11.1 Å². The fraction of sp³-hybridized carbons (Fsp3) is 0.222. The minimum absolute atomic E-state index is 0.0617. The molecule has 3 aromatic carbocycles. The quantitative estimate of drug-likeness (QED) is 0.476. The van der Waals surface area contributed by atoms with E-state index >= 15 is 0 Å². The number of aliphatic carboxylic acids is 1. The van der Waals surface area contributed by atoms with Crippen molar-refractivity contribution in [1.29, 1.82) is 0 Å². The second kappa shape index (κ2) is 10.6. The van der Waals surface area contributed by atoms with Crippen LogP contribution < -0.4 is 5.32 Å². The standard InChI is InChI=1S/C27H25ClN2O5/c1-30(15-17-7-6-8-18(28)13-17)26(33)24(14-25(31)32)29-27(34)35-16-23-21-11-4-2-9-19(21)20-10-3-5-12-22(20)23/h2-13,23-24H,14-16H2,1H3,(H,29,34)(H,31,32). The molecule has 0 fully saturated rings. The molecule has 0 spiro atoms. The van der Waals surface area contributed by atoms with Crippen molar-refractivity contribution in [3.05, 3.63) is 94.5 Å². The Hall–Kier alpha value is -3.84. The minimum atomic E-state index is -1.27. The van der Waals surface area contributed by atoms with Gasteiger partial charge in [-0.15, -0.1) is 0 Å². The van der Waals surface area contributed by atoms with Crippen LogP contribution in [0.15, 0.2) is 72.8 Å². The number of benzene rings is 3. The van der Waals surface area contributed by atoms with Crippen molar-refractivity contribution >= 4 is 29.6 Å². The maximum atomic E-state index is 13.0. The number of fused-ring (bicyclic) bond motifs is 3. The highest BCUT2D eigenvalue weighted by Crippen LogP contribution is 2.44. The number of amides is 2. The van der Waals surface area contributed by atoms with Gasteiger partial charge in [0, 0.05) is 24.5 Å². The topological polar surface area (TPSA) is 95.9 Å². The number of halogens is 1. The number of carboxylic acids is 1. The van der Waals surface area contributed by atoms with Gasteiger partial charge in [-0.2, -0.15) is 0 Å². The molecule has 0 aromatic heterocycles. The average molecular weight is 493 g/mol. The Kier molecular flexibility index (Phi) is 7.36. The summed E-state index contributed by atoms with van der Waals surface area (Å²) in [5.74, 6) is -1.90. The Morgan fingerprint density at radius 3 is 2.23 bits per heavy atom. The van der Waals surface area contributed by atoms with Gasteiger partial charge >= 0.3 is 12.1 Å². The van der Waals surface area contributed by atoms with Crippen LogP contribution in [-0.2, 0) is 20.9 Å². The van der Waals surface area contributed by atoms with Crippen LogP contribution in [0.25, 0.3) is 11.1 Å². The van der Waals surface area contributed by atoms with E-state index in [1.165, 1.54) is 11.9 Å². The van der Waals surface area contributed by atoms with Crippen molar-refractivity contribution in [1.82, 2.24) is 10.2 Å². The van der Waals surface area contributed by atoms with Gasteiger partial charge in [-0.25, -0.2) is 4.79 Å². The number of alkyl carbamates (subject to hydrolysis) is 1. The summed E-state index contributed by atoms with van der Waals surface area (Å²) in [6.07, 6.45) is -1.41. The fourth-order valence-corrected chi connectivity index (χ4v) is 4.62. The first-order valence-electron chi connectivity index (χ1n) is 11.2. The van der Waals surface area contributed by atoms with Crippen molar-refractivity contribution < 1.29 is 24.2 Å². The number of hydrogen-bond donors (Lipinski definition) is 2. The third-order valence-corrected chi connectivity index (χ3v) is 6.23. The van der Waals surface area contributed by atoms with E-state index < -0.39 is 30.4 Å². The maximum Gasteiger partial charge on any atom is 0.407 e. The molecular weight excluding hydrogens is 468 g/mol. The molecule has 3 aromatic rings. The number of likely N-dealkylation sites (N-methyl/N-ethyl adjacent to an activating group) is 1. The molecule has 2 N–H and O–H groups in total. The summed E-state index contributed by atoms with van der Waals surface area (Å²) in [4.78, 5) is 38.3. The van der Waals surface area contributed by atoms with Gasteiger partial charge in [0.15, 0.2) is 0 Å². The Bertz CT molecular complexity index is 1220. The van der Waals surface area contributed by atoms with Gasteiger partial charge in [-0.3, -0.25) is 9.59 Å². The molecule has 0 saturated heterocycles. The lowest BCUT2D eigenvalue weighted by atomic mass is 9.98. The van der Waals surface area contributed by atoms with Gasteiger partial charge in [0.25, 0.3) is 0 Å². The SMILES string of the molecule is CN(Cc1cccc(Cl)c1)C(=O)C(CC(=O)O)NC(=O)OCC1c2ccccc2-c2ccccc21. The van der Waals surface area contributed by atoms with Crippen LogP contribution >= 0.6 is 11.6 Å². The van der Waals surface area contributed by atoms with Gasteiger partial charge in [0.1, 0.15) is 12.6 Å². The molecule has 7 nitrogen and oxygen atoms in total. The number of nitrogens with zero attached hydrogens (tertiary/aromatic N) is 1. The van der Waals surface area contributed by atoms with Crippen molar-refractivity contribution in [3.63, 3.8) is 0 Å². The first-order valence-corrected chi connectivity index (χ1v) is 11.5. The second-order valence-electron chi connectivity index (χ2n) is 8.44. The Morgan fingerprint density at radius 1 is 1.00 bits per heavy atom. The van der Waals surface area contributed by atoms with Crippen LogP contribution in [0.4, 0.5) is 4.79 Å². The van der Waals surface area contributed by atoms with Crippen molar-refractivity contribution in [2.45, 2.75) is 24.9 Å². The Labute approximate surface area is 208 Å². The molecule has 1 aliphatic rings. The smallest absolute Gasteiger partial charge is 0.407 e. The van der Waals surface area contributed by atoms with Gasteiger partial charge in [-0.1, -0.05) is 72.3 Å². The van der Waals surface area contributed by atoms with Crippen LogP contribution in [0.5, 0.6) is 0 Å². The summed E-state index contributed by atoms with van der Waals surface area (Å²) in [5.41, 5.74) is 5.09. The van der Waals surface area contributed by atoms with Crippen LogP contribution in [0.1, 0.15) is 29.0 Å². The predicted octanol–water partition coefficient (Wildman–Crippen LogP) is 4.68. The van der Waals surface area contributed by atoms with Gasteiger partial charge in [0.05, 0.1) is 6.42 Å². The molecule has 180 valence electrons. The van der Waals surface area contributed by atoms with Crippen molar-refractivity contribution in [2.24, 2.45) is 0 Å². The maximum absolute atomic E-state index is 13.0. The highest BCUT2D eigenvalue weighted by atomic mass is 35.5. The van der Waals surface area contributed by atoms with E-state index in [0.29, 0.717) is 5.02 Å². The zero-order valence-electron chi connectivity index (χ0n) is 19.1. The number of carboxylic acid groups (broad SMARTS) is 1. The van der Waals surface area contributed by atoms with E-state index in [0.717, 1.165) is 27.8 Å². The number of ether oxygens (including phenoxy) is 1. The summed E-state index contributed by atoms with van der Waals surface area (Å²) in [7, 11) is 1.54. The number of nitrogens with one attached hydrogen (secondary N) is 1. The largest absolute Gasteiger partial charge is 0.481 e. The molecule has 0 saturated carbocycles. The summed E-state index contributed by atoms with van der Waals surface area (Å²) in [6, 6.07) is 21.6. The molecule has 0 radical (unpaired) electrons. The lowest BCUT2D eigenvalue weighted by Crippen LogP contribution is -2.48. The summed E-state index contributed by atoms with van der Waals surface area (Å²) >= 11 is 6.01. The molecule has 0 aliphatic heterocycles. The lowest BCUT2D eigenvalue weighted by Gasteiger charge is -2.24. The van der Waals surface area contributed by atoms with Crippen molar-refractivity contribution in [2.75, 3.05) is 13.7 Å². The Balaban J connectivity index is 1.42. The highest BCUT2D eigenvalue weighted by molar-refractivity contribution is 6.30. The minimum Gasteiger partial charge on any atom is -0.481 e. The molecule has 0 bridgehead atoms. The number of carbonyl (C=O) groups is 3.